The molecule has 0 amide bonds. The van der Waals surface area contributed by atoms with Gasteiger partial charge in [0.15, 0.2) is 0 Å². The maximum Gasteiger partial charge on any atom is 1.00 e. The molecule has 0 aliphatic heterocycles. The van der Waals surface area contributed by atoms with Crippen LogP contribution in [0, 0.1) is 0 Å². The van der Waals surface area contributed by atoms with Gasteiger partial charge >= 0.3 is 29.6 Å². The van der Waals surface area contributed by atoms with Crippen LogP contribution in [0.15, 0.2) is 0 Å². The predicted molar refractivity (Wildman–Crippen MR) is 9.01 cm³/mol. The van der Waals surface area contributed by atoms with Gasteiger partial charge in [0.1, 0.15) is 0 Å². The first-order valence-electron chi connectivity index (χ1n) is 0.612. The Kier molecular flexibility index (Phi) is 57.2. The zero-order valence-corrected chi connectivity index (χ0v) is 6.53. The molecule has 0 aromatic rings. The van der Waals surface area contributed by atoms with Crippen LogP contribution in [0.3, 0.4) is 0 Å². The van der Waals surface area contributed by atoms with Gasteiger partial charge in [-0.15, -0.1) is 0 Å². The minimum Gasteiger partial charge on any atom is -0.652 e. The van der Waals surface area contributed by atoms with E-state index in [4.69, 9.17) is 15.0 Å². The van der Waals surface area contributed by atoms with E-state index >= 15 is 0 Å². The van der Waals surface area contributed by atoms with Crippen molar-refractivity contribution in [3.8, 4) is 0 Å². The molecule has 0 aromatic carbocycles. The van der Waals surface area contributed by atoms with Crippen LogP contribution in [0.2, 0.25) is 0 Å². The number of hydrogen-bond donors (Lipinski definition) is 0. The normalized spacial score (nSPS) is 3.43. The smallest absolute Gasteiger partial charge is 0.652 e. The predicted octanol–water partition coefficient (Wildman–Crippen LogP) is -6.27. The van der Waals surface area contributed by atoms with Gasteiger partial charge in [0.2, 0.25) is 0 Å². The number of carboxylic acid groups (broad SMARTS) is 2. The molecule has 0 heterocycles. The third-order valence-corrected chi connectivity index (χ3v) is 0. The Labute approximate surface area is 72.4 Å². The molecular weight excluding hydrogens is 158 g/mol. The summed E-state index contributed by atoms with van der Waals surface area (Å²) in [5.41, 5.74) is 0. The van der Waals surface area contributed by atoms with E-state index in [-0.39, 0.29) is 51.5 Å². The Bertz CT molecular complexity index is 34.7. The summed E-state index contributed by atoms with van der Waals surface area (Å²) in [6, 6.07) is 0. The monoisotopic (exact) mass is 159 g/mol. The molecule has 0 aliphatic rings. The third kappa shape index (κ3) is 287. The molecule has 4 nitrogen and oxygen atoms in total. The summed E-state index contributed by atoms with van der Waals surface area (Å²) in [4.78, 5) is 8.33. The fourth-order valence-corrected chi connectivity index (χ4v) is 0. The van der Waals surface area contributed by atoms with Gasteiger partial charge in [0.25, 0.3) is 0 Å². The van der Waals surface area contributed by atoms with Crippen LogP contribution in [0.4, 0.5) is 4.79 Å². The van der Waals surface area contributed by atoms with Crippen molar-refractivity contribution in [1.29, 1.82) is 0 Å². The van der Waals surface area contributed by atoms with Crippen LogP contribution < -0.4 is 39.8 Å². The first kappa shape index (κ1) is 25.2. The third-order valence-electron chi connectivity index (χ3n) is 0. The van der Waals surface area contributed by atoms with Gasteiger partial charge in [-0.3, -0.25) is 0 Å². The molecule has 0 rings (SSSR count). The van der Waals surface area contributed by atoms with Gasteiger partial charge in [-0.25, -0.2) is 0 Å². The van der Waals surface area contributed by atoms with E-state index in [1.54, 1.807) is 0 Å². The molecule has 0 atom stereocenters. The molecular formula is CH2NaNiO4-. The summed E-state index contributed by atoms with van der Waals surface area (Å²) in [6.45, 7) is 0. The van der Waals surface area contributed by atoms with Crippen molar-refractivity contribution in [3.63, 3.8) is 0 Å². The summed E-state index contributed by atoms with van der Waals surface area (Å²) in [7, 11) is 0. The van der Waals surface area contributed by atoms with E-state index in [0.717, 1.165) is 0 Å². The molecule has 2 N–H and O–H groups in total. The zero-order valence-electron chi connectivity index (χ0n) is 3.54. The van der Waals surface area contributed by atoms with Gasteiger partial charge in [0, 0.05) is 16.5 Å². The summed E-state index contributed by atoms with van der Waals surface area (Å²) >= 11 is 0. The number of carbonyl (C=O) groups is 1. The maximum atomic E-state index is 8.33. The topological polar surface area (TPSA) is 94.7 Å². The summed E-state index contributed by atoms with van der Waals surface area (Å²) in [5.74, 6) is 0. The van der Waals surface area contributed by atoms with Gasteiger partial charge < -0.3 is 20.5 Å². The molecule has 0 saturated carbocycles. The fourth-order valence-electron chi connectivity index (χ4n) is 0. The van der Waals surface area contributed by atoms with Gasteiger partial charge in [-0.05, 0) is 6.16 Å². The first-order chi connectivity index (χ1) is 1.73. The quantitative estimate of drug-likeness (QED) is 0.329. The minimum atomic E-state index is -2.33. The molecule has 0 saturated heterocycles. The molecule has 7 heavy (non-hydrogen) atoms. The van der Waals surface area contributed by atoms with Crippen molar-refractivity contribution < 1.29 is 66.5 Å². The van der Waals surface area contributed by atoms with E-state index in [0.29, 0.717) is 0 Å². The van der Waals surface area contributed by atoms with Crippen LogP contribution >= 0.6 is 0 Å². The standard InChI is InChI=1S/CH2O3.Na.Ni.H2O/c2-1(3)4;;;/h(H2,2,3,4);;;1H2/q;+1;;/p-2. The summed E-state index contributed by atoms with van der Waals surface area (Å²) < 4.78 is 0. The number of rotatable bonds is 0. The summed E-state index contributed by atoms with van der Waals surface area (Å²) in [6.07, 6.45) is -2.33. The Balaban J connectivity index is -0.0000000150. The van der Waals surface area contributed by atoms with E-state index < -0.39 is 6.16 Å². The van der Waals surface area contributed by atoms with Crippen molar-refractivity contribution in [2.75, 3.05) is 0 Å². The van der Waals surface area contributed by atoms with Crippen LogP contribution in [-0.4, -0.2) is 11.6 Å². The fraction of sp³-hybridized carbons (Fsp3) is 0. The van der Waals surface area contributed by atoms with Crippen molar-refractivity contribution in [2.45, 2.75) is 0 Å². The Morgan fingerprint density at radius 2 is 1.29 bits per heavy atom. The average molecular weight is 160 g/mol. The Morgan fingerprint density at radius 1 is 1.29 bits per heavy atom. The van der Waals surface area contributed by atoms with Gasteiger partial charge in [0.05, 0.1) is 0 Å². The van der Waals surface area contributed by atoms with E-state index in [2.05, 4.69) is 0 Å². The zero-order chi connectivity index (χ0) is 3.58. The second-order valence-electron chi connectivity index (χ2n) is 0.250. The molecule has 0 aromatic heterocycles. The largest absolute Gasteiger partial charge is 1.00 e. The van der Waals surface area contributed by atoms with Crippen LogP contribution in [0.5, 0.6) is 0 Å². The average Bonchev–Trinajstić information content (AvgIpc) is 0.811. The number of carbonyl (C=O) groups excluding carboxylic acids is 1. The van der Waals surface area contributed by atoms with Gasteiger partial charge in [-0.1, -0.05) is 0 Å². The minimum absolute atomic E-state index is 0. The molecule has 42 valence electrons. The van der Waals surface area contributed by atoms with E-state index in [1.165, 1.54) is 0 Å². The van der Waals surface area contributed by atoms with E-state index in [1.807, 2.05) is 0 Å². The van der Waals surface area contributed by atoms with Crippen LogP contribution in [-0.2, 0) is 16.5 Å². The Morgan fingerprint density at radius 3 is 1.29 bits per heavy atom. The second-order valence-corrected chi connectivity index (χ2v) is 0.250. The van der Waals surface area contributed by atoms with Crippen LogP contribution in [0.25, 0.3) is 0 Å². The second kappa shape index (κ2) is 15.9. The molecule has 0 fully saturated rings. The SMILES string of the molecule is O.O=C([O-])[O-].[Na+].[Ni]. The van der Waals surface area contributed by atoms with Crippen molar-refractivity contribution in [2.24, 2.45) is 0 Å². The molecule has 6 heteroatoms. The maximum absolute atomic E-state index is 8.33. The molecule has 0 spiro atoms. The molecule has 0 aliphatic carbocycles. The first-order valence-corrected chi connectivity index (χ1v) is 0.612. The molecule has 0 unspecified atom stereocenters. The van der Waals surface area contributed by atoms with E-state index in [9.17, 15) is 0 Å². The van der Waals surface area contributed by atoms with Gasteiger partial charge in [-0.2, -0.15) is 0 Å². The van der Waals surface area contributed by atoms with Crippen molar-refractivity contribution in [3.05, 3.63) is 0 Å². The van der Waals surface area contributed by atoms with Crippen molar-refractivity contribution >= 4 is 6.16 Å². The number of hydrogen-bond acceptors (Lipinski definition) is 3. The molecule has 0 radical (unpaired) electrons. The van der Waals surface area contributed by atoms with Crippen molar-refractivity contribution in [1.82, 2.24) is 0 Å². The Hall–Kier alpha value is 0.724. The van der Waals surface area contributed by atoms with Crippen LogP contribution in [0.1, 0.15) is 0 Å². The molecule has 0 bridgehead atoms. The summed E-state index contributed by atoms with van der Waals surface area (Å²) in [5, 5.41) is 16.7.